The third kappa shape index (κ3) is 4.29. The summed E-state index contributed by atoms with van der Waals surface area (Å²) >= 11 is 6.98. The summed E-state index contributed by atoms with van der Waals surface area (Å²) in [4.78, 5) is 24.3. The number of amides is 2. The van der Waals surface area contributed by atoms with Gasteiger partial charge < -0.3 is 10.6 Å². The van der Waals surface area contributed by atoms with Crippen molar-refractivity contribution < 1.29 is 14.0 Å². The first-order valence-electron chi connectivity index (χ1n) is 6.53. The molecule has 1 aromatic heterocycles. The molecule has 0 aliphatic heterocycles. The molecule has 0 saturated heterocycles. The van der Waals surface area contributed by atoms with E-state index in [0.29, 0.717) is 10.4 Å². The fraction of sp³-hybridized carbons (Fsp3) is 0.200. The molecule has 2 N–H and O–H groups in total. The number of carbonyl (C=O) groups excluding carboxylic acids is 2. The lowest BCUT2D eigenvalue weighted by molar-refractivity contribution is -0.122. The number of hydrogen-bond acceptors (Lipinski definition) is 3. The largest absolute Gasteiger partial charge is 0.350 e. The summed E-state index contributed by atoms with van der Waals surface area (Å²) in [5, 5.41) is 7.07. The first-order chi connectivity index (χ1) is 10.5. The van der Waals surface area contributed by atoms with Crippen LogP contribution in [-0.4, -0.2) is 17.9 Å². The molecule has 1 atom stereocenters. The Labute approximate surface area is 136 Å². The topological polar surface area (TPSA) is 58.2 Å². The highest BCUT2D eigenvalue weighted by Crippen LogP contribution is 2.15. The van der Waals surface area contributed by atoms with Crippen LogP contribution in [0.15, 0.2) is 35.7 Å². The number of thiophene rings is 1. The molecule has 0 radical (unpaired) electrons. The monoisotopic (exact) mass is 340 g/mol. The minimum absolute atomic E-state index is 0.00537. The Kier molecular flexibility index (Phi) is 5.51. The third-order valence-electron chi connectivity index (χ3n) is 2.94. The quantitative estimate of drug-likeness (QED) is 0.879. The van der Waals surface area contributed by atoms with Crippen LogP contribution in [0.2, 0.25) is 5.02 Å². The van der Waals surface area contributed by atoms with Crippen molar-refractivity contribution in [1.29, 1.82) is 0 Å². The number of rotatable bonds is 5. The smallest absolute Gasteiger partial charge is 0.261 e. The van der Waals surface area contributed by atoms with E-state index in [1.165, 1.54) is 29.5 Å². The highest BCUT2D eigenvalue weighted by molar-refractivity contribution is 7.12. The number of carbonyl (C=O) groups is 2. The Morgan fingerprint density at radius 3 is 2.77 bits per heavy atom. The van der Waals surface area contributed by atoms with Gasteiger partial charge in [0.15, 0.2) is 0 Å². The average Bonchev–Trinajstić information content (AvgIpc) is 3.02. The van der Waals surface area contributed by atoms with Crippen LogP contribution in [0.4, 0.5) is 4.39 Å². The molecule has 1 heterocycles. The van der Waals surface area contributed by atoms with Crippen LogP contribution in [0.5, 0.6) is 0 Å². The minimum atomic E-state index is -0.675. The molecule has 0 aliphatic rings. The SMILES string of the molecule is C[C@@H](NC(=O)c1cccs1)C(=O)NCc1ccc(F)c(Cl)c1. The molecular weight excluding hydrogens is 327 g/mol. The summed E-state index contributed by atoms with van der Waals surface area (Å²) in [6.45, 7) is 1.80. The summed E-state index contributed by atoms with van der Waals surface area (Å²) in [5.41, 5.74) is 0.677. The van der Waals surface area contributed by atoms with Gasteiger partial charge >= 0.3 is 0 Å². The first kappa shape index (κ1) is 16.5. The van der Waals surface area contributed by atoms with E-state index in [9.17, 15) is 14.0 Å². The molecule has 0 fully saturated rings. The van der Waals surface area contributed by atoms with Crippen molar-refractivity contribution in [3.63, 3.8) is 0 Å². The van der Waals surface area contributed by atoms with Gasteiger partial charge in [0.25, 0.3) is 5.91 Å². The van der Waals surface area contributed by atoms with Crippen molar-refractivity contribution >= 4 is 34.8 Å². The number of hydrogen-bond donors (Lipinski definition) is 2. The fourth-order valence-electron chi connectivity index (χ4n) is 1.73. The Morgan fingerprint density at radius 1 is 1.36 bits per heavy atom. The zero-order chi connectivity index (χ0) is 16.1. The van der Waals surface area contributed by atoms with Crippen molar-refractivity contribution in [2.75, 3.05) is 0 Å². The lowest BCUT2D eigenvalue weighted by atomic mass is 10.2. The maximum Gasteiger partial charge on any atom is 0.261 e. The van der Waals surface area contributed by atoms with E-state index >= 15 is 0 Å². The Balaban J connectivity index is 1.86. The van der Waals surface area contributed by atoms with Gasteiger partial charge in [0.2, 0.25) is 5.91 Å². The lowest BCUT2D eigenvalue weighted by Crippen LogP contribution is -2.44. The molecule has 0 saturated carbocycles. The summed E-state index contributed by atoms with van der Waals surface area (Å²) in [5.74, 6) is -1.12. The van der Waals surface area contributed by atoms with Crippen molar-refractivity contribution in [1.82, 2.24) is 10.6 Å². The van der Waals surface area contributed by atoms with Crippen LogP contribution in [0.1, 0.15) is 22.2 Å². The van der Waals surface area contributed by atoms with Gasteiger partial charge in [-0.15, -0.1) is 11.3 Å². The van der Waals surface area contributed by atoms with Gasteiger partial charge in [0.05, 0.1) is 9.90 Å². The van der Waals surface area contributed by atoms with Crippen LogP contribution in [0.3, 0.4) is 0 Å². The van der Waals surface area contributed by atoms with E-state index in [1.54, 1.807) is 24.4 Å². The molecule has 2 amide bonds. The predicted octanol–water partition coefficient (Wildman–Crippen LogP) is 2.98. The predicted molar refractivity (Wildman–Crippen MR) is 84.5 cm³/mol. The van der Waals surface area contributed by atoms with E-state index in [0.717, 1.165) is 0 Å². The highest BCUT2D eigenvalue weighted by atomic mass is 35.5. The van der Waals surface area contributed by atoms with Crippen LogP contribution in [0, 0.1) is 5.82 Å². The Bertz CT molecular complexity index is 676. The molecule has 7 heteroatoms. The van der Waals surface area contributed by atoms with Crippen molar-refractivity contribution in [3.8, 4) is 0 Å². The fourth-order valence-corrected chi connectivity index (χ4v) is 2.56. The van der Waals surface area contributed by atoms with Crippen LogP contribution >= 0.6 is 22.9 Å². The lowest BCUT2D eigenvalue weighted by Gasteiger charge is -2.13. The summed E-state index contributed by atoms with van der Waals surface area (Å²) in [7, 11) is 0. The molecule has 4 nitrogen and oxygen atoms in total. The van der Waals surface area contributed by atoms with Gasteiger partial charge in [0.1, 0.15) is 11.9 Å². The van der Waals surface area contributed by atoms with Crippen LogP contribution in [0.25, 0.3) is 0 Å². The van der Waals surface area contributed by atoms with Gasteiger partial charge in [-0.05, 0) is 36.1 Å². The Morgan fingerprint density at radius 2 is 2.14 bits per heavy atom. The van der Waals surface area contributed by atoms with E-state index in [2.05, 4.69) is 10.6 Å². The number of halogens is 2. The summed E-state index contributed by atoms with van der Waals surface area (Å²) in [6.07, 6.45) is 0. The van der Waals surface area contributed by atoms with Crippen molar-refractivity contribution in [2.24, 2.45) is 0 Å². The molecule has 0 unspecified atom stereocenters. The molecule has 1 aromatic carbocycles. The molecule has 0 spiro atoms. The average molecular weight is 341 g/mol. The van der Waals surface area contributed by atoms with E-state index < -0.39 is 11.9 Å². The Hall–Kier alpha value is -1.92. The highest BCUT2D eigenvalue weighted by Gasteiger charge is 2.16. The first-order valence-corrected chi connectivity index (χ1v) is 7.79. The van der Waals surface area contributed by atoms with Gasteiger partial charge in [-0.1, -0.05) is 23.7 Å². The summed E-state index contributed by atoms with van der Waals surface area (Å²) < 4.78 is 13.0. The van der Waals surface area contributed by atoms with Crippen LogP contribution < -0.4 is 10.6 Å². The molecule has 0 aliphatic carbocycles. The van der Waals surface area contributed by atoms with Crippen molar-refractivity contribution in [3.05, 3.63) is 57.0 Å². The molecular formula is C15H14ClFN2O2S. The maximum atomic E-state index is 13.0. The van der Waals surface area contributed by atoms with Crippen molar-refractivity contribution in [2.45, 2.75) is 19.5 Å². The third-order valence-corrected chi connectivity index (χ3v) is 4.09. The van der Waals surface area contributed by atoms with Gasteiger partial charge in [-0.2, -0.15) is 0 Å². The minimum Gasteiger partial charge on any atom is -0.350 e. The van der Waals surface area contributed by atoms with E-state index in [4.69, 9.17) is 11.6 Å². The zero-order valence-corrected chi connectivity index (χ0v) is 13.3. The number of benzene rings is 1. The normalized spacial score (nSPS) is 11.8. The zero-order valence-electron chi connectivity index (χ0n) is 11.7. The second-order valence-corrected chi connectivity index (χ2v) is 5.99. The molecule has 22 heavy (non-hydrogen) atoms. The second-order valence-electron chi connectivity index (χ2n) is 4.64. The molecule has 2 rings (SSSR count). The number of nitrogens with one attached hydrogen (secondary N) is 2. The standard InChI is InChI=1S/C15H14ClFN2O2S/c1-9(19-15(21)13-3-2-6-22-13)14(20)18-8-10-4-5-12(17)11(16)7-10/h2-7,9H,8H2,1H3,(H,18,20)(H,19,21)/t9-/m1/s1. The van der Waals surface area contributed by atoms with Gasteiger partial charge in [-0.3, -0.25) is 9.59 Å². The van der Waals surface area contributed by atoms with Gasteiger partial charge in [-0.25, -0.2) is 4.39 Å². The molecule has 2 aromatic rings. The van der Waals surface area contributed by atoms with E-state index in [1.807, 2.05) is 0 Å². The molecule has 116 valence electrons. The summed E-state index contributed by atoms with van der Waals surface area (Å²) in [6, 6.07) is 7.01. The molecule has 0 bridgehead atoms. The van der Waals surface area contributed by atoms with Gasteiger partial charge in [0, 0.05) is 6.54 Å². The maximum absolute atomic E-state index is 13.0. The van der Waals surface area contributed by atoms with E-state index in [-0.39, 0.29) is 23.4 Å². The van der Waals surface area contributed by atoms with Crippen LogP contribution in [-0.2, 0) is 11.3 Å². The second kappa shape index (κ2) is 7.38.